The van der Waals surface area contributed by atoms with Crippen LogP contribution in [0.15, 0.2) is 18.2 Å². The van der Waals surface area contributed by atoms with E-state index >= 15 is 0 Å². The van der Waals surface area contributed by atoms with Crippen LogP contribution in [0, 0.1) is 0 Å². The fraction of sp³-hybridized carbons (Fsp3) is 0.526. The summed E-state index contributed by atoms with van der Waals surface area (Å²) in [6.45, 7) is -0.434. The molecule has 170 valence electrons. The van der Waals surface area contributed by atoms with Crippen molar-refractivity contribution in [3.63, 3.8) is 0 Å². The number of rotatable bonds is 6. The Hall–Kier alpha value is -2.86. The van der Waals surface area contributed by atoms with E-state index in [0.29, 0.717) is 0 Å². The fourth-order valence-corrected chi connectivity index (χ4v) is 3.25. The minimum atomic E-state index is -4.76. The molecule has 0 aromatic heterocycles. The van der Waals surface area contributed by atoms with Gasteiger partial charge in [-0.1, -0.05) is 0 Å². The molecule has 1 saturated heterocycles. The summed E-state index contributed by atoms with van der Waals surface area (Å²) in [5.41, 5.74) is 4.03. The van der Waals surface area contributed by atoms with Gasteiger partial charge in [0.15, 0.2) is 0 Å². The van der Waals surface area contributed by atoms with E-state index in [-0.39, 0.29) is 43.7 Å². The molecule has 4 amide bonds. The summed E-state index contributed by atoms with van der Waals surface area (Å²) in [4.78, 5) is 37.4. The normalized spacial score (nSPS) is 18.2. The Kier molecular flexibility index (Phi) is 7.01. The number of urea groups is 1. The van der Waals surface area contributed by atoms with Crippen LogP contribution >= 0.6 is 0 Å². The average Bonchev–Trinajstić information content (AvgIpc) is 2.68. The molecule has 0 radical (unpaired) electrons. The van der Waals surface area contributed by atoms with E-state index < -0.39 is 35.6 Å². The largest absolute Gasteiger partial charge is 0.418 e. The van der Waals surface area contributed by atoms with E-state index in [1.165, 1.54) is 6.07 Å². The van der Waals surface area contributed by atoms with E-state index in [1.807, 2.05) is 0 Å². The molecule has 2 fully saturated rings. The maximum Gasteiger partial charge on any atom is 0.418 e. The monoisotopic (exact) mass is 443 g/mol. The quantitative estimate of drug-likeness (QED) is 0.526. The van der Waals surface area contributed by atoms with Gasteiger partial charge in [-0.25, -0.2) is 4.79 Å². The van der Waals surface area contributed by atoms with Gasteiger partial charge in [0.2, 0.25) is 5.91 Å². The number of ether oxygens (including phenoxy) is 1. The lowest BCUT2D eigenvalue weighted by molar-refractivity contribution is -0.137. The van der Waals surface area contributed by atoms with E-state index in [9.17, 15) is 27.6 Å². The standard InChI is InChI=1S/C19H24F3N5O4/c20-19(21,22)13-8-12(4-5-15(13)27-6-7-31-10-16(27)28)24-17(29)14(9-23)26-18(30)25-11-2-1-3-11/h4-5,8,11,14H,1-3,6-7,9-10,23H2,(H,24,29)(H2,25,26,30)/t14-/m1/s1. The van der Waals surface area contributed by atoms with Crippen molar-refractivity contribution in [1.29, 1.82) is 0 Å². The lowest BCUT2D eigenvalue weighted by atomic mass is 9.93. The van der Waals surface area contributed by atoms with Gasteiger partial charge in [-0.2, -0.15) is 13.2 Å². The summed E-state index contributed by atoms with van der Waals surface area (Å²) in [7, 11) is 0. The first-order valence-corrected chi connectivity index (χ1v) is 9.86. The molecule has 1 atom stereocenters. The van der Waals surface area contributed by atoms with Crippen molar-refractivity contribution < 1.29 is 32.3 Å². The SMILES string of the molecule is NC[C@@H](NC(=O)NC1CCC1)C(=O)Nc1ccc(N2CCOCC2=O)c(C(F)(F)F)c1. The van der Waals surface area contributed by atoms with Crippen LogP contribution in [0.25, 0.3) is 0 Å². The minimum absolute atomic E-state index is 0.0110. The second kappa shape index (κ2) is 9.52. The van der Waals surface area contributed by atoms with Crippen molar-refractivity contribution in [2.45, 2.75) is 37.5 Å². The number of carbonyl (C=O) groups is 3. The number of nitrogens with zero attached hydrogens (tertiary/aromatic N) is 1. The maximum atomic E-state index is 13.6. The maximum absolute atomic E-state index is 13.6. The van der Waals surface area contributed by atoms with Gasteiger partial charge < -0.3 is 31.3 Å². The Bertz CT molecular complexity index is 844. The second-order valence-corrected chi connectivity index (χ2v) is 7.35. The summed E-state index contributed by atoms with van der Waals surface area (Å²) in [6, 6.07) is 1.48. The van der Waals surface area contributed by atoms with Gasteiger partial charge in [-0.3, -0.25) is 9.59 Å². The van der Waals surface area contributed by atoms with Crippen molar-refractivity contribution in [3.05, 3.63) is 23.8 Å². The molecule has 1 aliphatic heterocycles. The van der Waals surface area contributed by atoms with Crippen LogP contribution in [0.5, 0.6) is 0 Å². The van der Waals surface area contributed by atoms with Crippen LogP contribution in [0.2, 0.25) is 0 Å². The molecule has 1 aromatic rings. The fourth-order valence-electron chi connectivity index (χ4n) is 3.25. The highest BCUT2D eigenvalue weighted by Crippen LogP contribution is 2.38. The van der Waals surface area contributed by atoms with Gasteiger partial charge in [-0.15, -0.1) is 0 Å². The molecular formula is C19H24F3N5O4. The first kappa shape index (κ1) is 22.8. The van der Waals surface area contributed by atoms with E-state index in [1.54, 1.807) is 0 Å². The number of halogens is 3. The zero-order valence-corrected chi connectivity index (χ0v) is 16.6. The zero-order chi connectivity index (χ0) is 22.6. The van der Waals surface area contributed by atoms with Crippen molar-refractivity contribution in [2.75, 3.05) is 36.5 Å². The molecule has 1 heterocycles. The first-order chi connectivity index (χ1) is 14.7. The number of nitrogens with two attached hydrogens (primary N) is 1. The summed E-state index contributed by atoms with van der Waals surface area (Å²) in [6.07, 6.45) is -2.04. The summed E-state index contributed by atoms with van der Waals surface area (Å²) in [5, 5.41) is 7.46. The molecule has 0 spiro atoms. The molecule has 9 nitrogen and oxygen atoms in total. The average molecular weight is 443 g/mol. The van der Waals surface area contributed by atoms with Gasteiger partial charge >= 0.3 is 12.2 Å². The number of carbonyl (C=O) groups excluding carboxylic acids is 3. The van der Waals surface area contributed by atoms with Gasteiger partial charge in [-0.05, 0) is 37.5 Å². The van der Waals surface area contributed by atoms with E-state index in [4.69, 9.17) is 10.5 Å². The number of hydrogen-bond acceptors (Lipinski definition) is 5. The van der Waals surface area contributed by atoms with Crippen molar-refractivity contribution in [3.8, 4) is 0 Å². The van der Waals surface area contributed by atoms with Crippen LogP contribution < -0.4 is 26.6 Å². The Morgan fingerprint density at radius 2 is 2.03 bits per heavy atom. The van der Waals surface area contributed by atoms with Gasteiger partial charge in [0, 0.05) is 24.8 Å². The first-order valence-electron chi connectivity index (χ1n) is 9.86. The number of nitrogens with one attached hydrogen (secondary N) is 3. The zero-order valence-electron chi connectivity index (χ0n) is 16.6. The third-order valence-electron chi connectivity index (χ3n) is 5.14. The number of anilines is 2. The Morgan fingerprint density at radius 3 is 2.61 bits per heavy atom. The molecule has 1 aromatic carbocycles. The number of amides is 4. The lowest BCUT2D eigenvalue weighted by Crippen LogP contribution is -2.54. The Balaban J connectivity index is 1.73. The van der Waals surface area contributed by atoms with Crippen molar-refractivity contribution >= 4 is 29.2 Å². The Morgan fingerprint density at radius 1 is 1.29 bits per heavy atom. The smallest absolute Gasteiger partial charge is 0.370 e. The summed E-state index contributed by atoms with van der Waals surface area (Å²) >= 11 is 0. The van der Waals surface area contributed by atoms with Gasteiger partial charge in [0.05, 0.1) is 17.9 Å². The van der Waals surface area contributed by atoms with E-state index in [0.717, 1.165) is 36.3 Å². The molecule has 5 N–H and O–H groups in total. The van der Waals surface area contributed by atoms with Crippen LogP contribution in [-0.2, 0) is 20.5 Å². The van der Waals surface area contributed by atoms with Crippen LogP contribution in [0.3, 0.4) is 0 Å². The highest BCUT2D eigenvalue weighted by Gasteiger charge is 2.37. The summed E-state index contributed by atoms with van der Waals surface area (Å²) in [5.74, 6) is -1.34. The summed E-state index contributed by atoms with van der Waals surface area (Å²) < 4.78 is 45.9. The molecule has 1 aliphatic carbocycles. The molecule has 0 bridgehead atoms. The van der Waals surface area contributed by atoms with E-state index in [2.05, 4.69) is 16.0 Å². The molecule has 2 aliphatic rings. The predicted octanol–water partition coefficient (Wildman–Crippen LogP) is 1.19. The lowest BCUT2D eigenvalue weighted by Gasteiger charge is -2.29. The Labute approximate surface area is 176 Å². The highest BCUT2D eigenvalue weighted by atomic mass is 19.4. The number of alkyl halides is 3. The van der Waals surface area contributed by atoms with Crippen LogP contribution in [0.4, 0.5) is 29.3 Å². The highest BCUT2D eigenvalue weighted by molar-refractivity contribution is 5.99. The molecule has 0 unspecified atom stereocenters. The molecule has 31 heavy (non-hydrogen) atoms. The molecule has 1 saturated carbocycles. The molecule has 3 rings (SSSR count). The second-order valence-electron chi connectivity index (χ2n) is 7.35. The molecular weight excluding hydrogens is 419 g/mol. The van der Waals surface area contributed by atoms with Gasteiger partial charge in [0.25, 0.3) is 5.91 Å². The number of hydrogen-bond donors (Lipinski definition) is 4. The topological polar surface area (TPSA) is 126 Å². The van der Waals surface area contributed by atoms with Crippen molar-refractivity contribution in [2.24, 2.45) is 5.73 Å². The third-order valence-corrected chi connectivity index (χ3v) is 5.14. The number of benzene rings is 1. The predicted molar refractivity (Wildman–Crippen MR) is 105 cm³/mol. The minimum Gasteiger partial charge on any atom is -0.370 e. The van der Waals surface area contributed by atoms with Crippen LogP contribution in [-0.4, -0.2) is 56.2 Å². The third kappa shape index (κ3) is 5.64. The molecule has 12 heteroatoms. The van der Waals surface area contributed by atoms with Crippen molar-refractivity contribution in [1.82, 2.24) is 10.6 Å². The number of morpholine rings is 1. The van der Waals surface area contributed by atoms with Crippen LogP contribution in [0.1, 0.15) is 24.8 Å². The van der Waals surface area contributed by atoms with Gasteiger partial charge in [0.1, 0.15) is 12.6 Å².